The lowest BCUT2D eigenvalue weighted by atomic mass is 9.76. The fourth-order valence-electron chi connectivity index (χ4n) is 8.66. The van der Waals surface area contributed by atoms with Crippen LogP contribution < -0.4 is 26.9 Å². The molecule has 0 aromatic heterocycles. The number of piperazine rings is 1. The van der Waals surface area contributed by atoms with E-state index in [9.17, 15) is 9.59 Å². The number of carbonyl (C=O) groups excluding carboxylic acids is 2. The lowest BCUT2D eigenvalue weighted by Gasteiger charge is -2.60. The Morgan fingerprint density at radius 1 is 1.17 bits per heavy atom. The predicted molar refractivity (Wildman–Crippen MR) is 159 cm³/mol. The van der Waals surface area contributed by atoms with Crippen molar-refractivity contribution in [2.75, 3.05) is 32.7 Å². The van der Waals surface area contributed by atoms with E-state index in [1.807, 2.05) is 11.8 Å². The van der Waals surface area contributed by atoms with Crippen LogP contribution >= 0.6 is 0 Å². The number of hydrogen-bond donors (Lipinski definition) is 5. The zero-order chi connectivity index (χ0) is 29.7. The number of urea groups is 1. The van der Waals surface area contributed by atoms with Crippen molar-refractivity contribution in [3.63, 3.8) is 0 Å². The SMILES string of the molecule is C=CC(=O)N1CC(C)N(C2NC(=O)N3C4NC(C(F)CC24)C2CNNN2CC=CCC2CCNC(C(C)C)C23)CC1C. The molecule has 6 aliphatic heterocycles. The average molecular weight is 588 g/mol. The number of carbonyl (C=O) groups is 2. The topological polar surface area (TPSA) is 107 Å². The summed E-state index contributed by atoms with van der Waals surface area (Å²) in [5, 5.41) is 13.0. The van der Waals surface area contributed by atoms with Gasteiger partial charge in [0.15, 0.2) is 0 Å². The molecule has 2 bridgehead atoms. The third-order valence-corrected chi connectivity index (χ3v) is 10.8. The summed E-state index contributed by atoms with van der Waals surface area (Å²) >= 11 is 0. The maximum atomic E-state index is 16.4. The summed E-state index contributed by atoms with van der Waals surface area (Å²) in [4.78, 5) is 33.2. The summed E-state index contributed by atoms with van der Waals surface area (Å²) < 4.78 is 16.4. The van der Waals surface area contributed by atoms with Gasteiger partial charge in [-0.1, -0.05) is 32.6 Å². The number of piperidine rings is 2. The number of hydrazine groups is 2. The highest BCUT2D eigenvalue weighted by Crippen LogP contribution is 2.40. The number of halogens is 1. The first kappa shape index (κ1) is 30.0. The lowest BCUT2D eigenvalue weighted by molar-refractivity contribution is -0.136. The van der Waals surface area contributed by atoms with E-state index < -0.39 is 12.2 Å². The molecule has 5 saturated heterocycles. The van der Waals surface area contributed by atoms with Crippen LogP contribution in [0.5, 0.6) is 0 Å². The highest BCUT2D eigenvalue weighted by atomic mass is 19.1. The van der Waals surface area contributed by atoms with E-state index in [0.29, 0.717) is 44.4 Å². The van der Waals surface area contributed by atoms with E-state index in [0.717, 1.165) is 19.4 Å². The smallest absolute Gasteiger partial charge is 0.320 e. The lowest BCUT2D eigenvalue weighted by Crippen LogP contribution is -2.80. The van der Waals surface area contributed by atoms with Crippen LogP contribution in [0.4, 0.5) is 9.18 Å². The minimum absolute atomic E-state index is 0.000324. The van der Waals surface area contributed by atoms with Gasteiger partial charge in [-0.05, 0) is 57.6 Å². The molecule has 6 aliphatic rings. The predicted octanol–water partition coefficient (Wildman–Crippen LogP) is 0.743. The molecule has 42 heavy (non-hydrogen) atoms. The third kappa shape index (κ3) is 5.28. The summed E-state index contributed by atoms with van der Waals surface area (Å²) in [6, 6.07) is -0.526. The van der Waals surface area contributed by atoms with Gasteiger partial charge in [0.2, 0.25) is 5.91 Å². The molecule has 0 aromatic rings. The van der Waals surface area contributed by atoms with Crippen LogP contribution in [0.3, 0.4) is 0 Å². The molecule has 11 unspecified atom stereocenters. The van der Waals surface area contributed by atoms with E-state index in [-0.39, 0.29) is 60.4 Å². The van der Waals surface area contributed by atoms with Crippen LogP contribution in [-0.4, -0.2) is 119 Å². The van der Waals surface area contributed by atoms with E-state index in [2.05, 4.69) is 81.2 Å². The molecule has 11 atom stereocenters. The minimum atomic E-state index is -1.08. The van der Waals surface area contributed by atoms with Gasteiger partial charge in [-0.25, -0.2) is 19.6 Å². The number of nitrogens with one attached hydrogen (secondary N) is 5. The summed E-state index contributed by atoms with van der Waals surface area (Å²) in [5.41, 5.74) is 6.46. The average Bonchev–Trinajstić information content (AvgIpc) is 3.43. The van der Waals surface area contributed by atoms with Crippen molar-refractivity contribution in [2.45, 2.75) is 102 Å². The number of nitrogens with zero attached hydrogens (tertiary/aromatic N) is 4. The van der Waals surface area contributed by atoms with E-state index in [1.165, 1.54) is 6.08 Å². The third-order valence-electron chi connectivity index (χ3n) is 10.8. The van der Waals surface area contributed by atoms with Crippen LogP contribution in [0.15, 0.2) is 24.8 Å². The Kier molecular flexibility index (Phi) is 8.65. The summed E-state index contributed by atoms with van der Waals surface area (Å²) in [6.07, 6.45) is 6.32. The zero-order valence-corrected chi connectivity index (χ0v) is 25.5. The first-order valence-corrected chi connectivity index (χ1v) is 16.0. The van der Waals surface area contributed by atoms with Crippen LogP contribution in [-0.2, 0) is 4.79 Å². The number of hydrogen-bond acceptors (Lipinski definition) is 8. The summed E-state index contributed by atoms with van der Waals surface area (Å²) in [6.45, 7) is 15.6. The number of allylic oxidation sites excluding steroid dienone is 1. The monoisotopic (exact) mass is 587 g/mol. The second kappa shape index (κ2) is 12.1. The Bertz CT molecular complexity index is 1060. The molecule has 0 spiro atoms. The molecule has 0 aliphatic carbocycles. The Labute approximate surface area is 249 Å². The van der Waals surface area contributed by atoms with Crippen molar-refractivity contribution in [1.82, 2.24) is 46.6 Å². The van der Waals surface area contributed by atoms with Gasteiger partial charge in [0.25, 0.3) is 0 Å². The number of amides is 3. The Balaban J connectivity index is 1.38. The molecular formula is C30H50FN9O2. The van der Waals surface area contributed by atoms with Crippen molar-refractivity contribution < 1.29 is 14.0 Å². The molecule has 0 radical (unpaired) electrons. The van der Waals surface area contributed by atoms with Gasteiger partial charge >= 0.3 is 6.03 Å². The number of fused-ring (bicyclic) bond motifs is 5. The molecule has 0 aromatic carbocycles. The minimum Gasteiger partial charge on any atom is -0.334 e. The highest BCUT2D eigenvalue weighted by Gasteiger charge is 2.56. The molecule has 0 saturated carbocycles. The molecule has 3 amide bonds. The van der Waals surface area contributed by atoms with Gasteiger partial charge in [-0.15, -0.1) is 0 Å². The maximum absolute atomic E-state index is 16.4. The van der Waals surface area contributed by atoms with Crippen molar-refractivity contribution in [2.24, 2.45) is 17.8 Å². The molecule has 11 nitrogen and oxygen atoms in total. The highest BCUT2D eigenvalue weighted by molar-refractivity contribution is 5.87. The van der Waals surface area contributed by atoms with Crippen LogP contribution in [0, 0.1) is 17.8 Å². The molecule has 6 rings (SSSR count). The Hall–Kier alpha value is -2.09. The molecular weight excluding hydrogens is 537 g/mol. The Morgan fingerprint density at radius 3 is 2.74 bits per heavy atom. The van der Waals surface area contributed by atoms with Crippen LogP contribution in [0.1, 0.15) is 47.0 Å². The van der Waals surface area contributed by atoms with E-state index in [4.69, 9.17) is 0 Å². The van der Waals surface area contributed by atoms with Gasteiger partial charge in [-0.2, -0.15) is 5.53 Å². The fourth-order valence-corrected chi connectivity index (χ4v) is 8.66. The molecule has 12 heteroatoms. The first-order chi connectivity index (χ1) is 20.2. The standard InChI is InChI=1S/C30H50FN9O2/c1-6-24(41)37-15-19(5)38(16-18(37)4)28-21-13-22(31)26-23-14-33-36-39(23)12-8-7-9-20-10-11-32-25(17(2)3)27(20)40(29(21)34-26)30(42)35-28/h6-8,17-23,25-29,32-34,36H,1,9-16H2,2-5H3,(H,35,42). The van der Waals surface area contributed by atoms with Crippen molar-refractivity contribution >= 4 is 11.9 Å². The summed E-state index contributed by atoms with van der Waals surface area (Å²) in [7, 11) is 0. The second-order valence-corrected chi connectivity index (χ2v) is 13.6. The van der Waals surface area contributed by atoms with Gasteiger partial charge in [0.05, 0.1) is 30.5 Å². The van der Waals surface area contributed by atoms with Crippen LogP contribution in [0.2, 0.25) is 0 Å². The second-order valence-electron chi connectivity index (χ2n) is 13.6. The zero-order valence-electron chi connectivity index (χ0n) is 25.5. The van der Waals surface area contributed by atoms with E-state index in [1.54, 1.807) is 0 Å². The molecule has 6 heterocycles. The molecule has 234 valence electrons. The van der Waals surface area contributed by atoms with Gasteiger partial charge in [0.1, 0.15) is 6.17 Å². The van der Waals surface area contributed by atoms with Gasteiger partial charge in [-0.3, -0.25) is 15.0 Å². The normalized spacial score (nSPS) is 43.2. The number of rotatable bonds is 3. The van der Waals surface area contributed by atoms with Gasteiger partial charge < -0.3 is 20.4 Å². The van der Waals surface area contributed by atoms with E-state index >= 15 is 4.39 Å². The van der Waals surface area contributed by atoms with Crippen molar-refractivity contribution in [3.05, 3.63) is 24.8 Å². The van der Waals surface area contributed by atoms with Crippen LogP contribution in [0.25, 0.3) is 0 Å². The molecule has 5 N–H and O–H groups in total. The molecule has 5 fully saturated rings. The number of alkyl halides is 1. The first-order valence-electron chi connectivity index (χ1n) is 16.0. The fraction of sp³-hybridized carbons (Fsp3) is 0.800. The largest absolute Gasteiger partial charge is 0.334 e. The van der Waals surface area contributed by atoms with Crippen molar-refractivity contribution in [1.29, 1.82) is 0 Å². The quantitative estimate of drug-likeness (QED) is 0.243. The Morgan fingerprint density at radius 2 is 1.98 bits per heavy atom. The maximum Gasteiger partial charge on any atom is 0.320 e. The van der Waals surface area contributed by atoms with Crippen molar-refractivity contribution in [3.8, 4) is 0 Å². The van der Waals surface area contributed by atoms with Gasteiger partial charge in [0, 0.05) is 50.2 Å². The summed E-state index contributed by atoms with van der Waals surface area (Å²) in [5.74, 6) is 0.400.